The second-order valence-electron chi connectivity index (χ2n) is 7.09. The smallest absolute Gasteiger partial charge is 0.332 e. The van der Waals surface area contributed by atoms with E-state index in [1.807, 2.05) is 31.2 Å². The lowest BCUT2D eigenvalue weighted by Crippen LogP contribution is -2.43. The van der Waals surface area contributed by atoms with Crippen LogP contribution in [0.4, 0.5) is 11.6 Å². The standard InChI is InChI=1S/C19H22N6O5/c1-3-30-13-6-4-11(5-7-13)23-8-12(26)9-24-15-16(21-18(23)24)22(2)19(29)25(17(15)28)10-14(20)27/h4-7,12,26H,3,8-10H2,1-2H3,(H2,20,27)/t12-/m0/s1. The molecule has 0 saturated carbocycles. The minimum absolute atomic E-state index is 0.128. The molecule has 0 unspecified atom stereocenters. The molecule has 0 fully saturated rings. The molecule has 3 aromatic rings. The fraction of sp³-hybridized carbons (Fsp3) is 0.368. The van der Waals surface area contributed by atoms with Gasteiger partial charge in [-0.2, -0.15) is 4.98 Å². The van der Waals surface area contributed by atoms with E-state index in [-0.39, 0.29) is 24.3 Å². The maximum absolute atomic E-state index is 13.0. The van der Waals surface area contributed by atoms with Crippen LogP contribution >= 0.6 is 0 Å². The van der Waals surface area contributed by atoms with Gasteiger partial charge in [-0.25, -0.2) is 9.36 Å². The average molecular weight is 414 g/mol. The highest BCUT2D eigenvalue weighted by molar-refractivity contribution is 5.78. The molecule has 0 radical (unpaired) electrons. The third-order valence-corrected chi connectivity index (χ3v) is 5.01. The van der Waals surface area contributed by atoms with Gasteiger partial charge in [0.15, 0.2) is 11.2 Å². The molecule has 0 saturated heterocycles. The Hall–Kier alpha value is -3.60. The number of benzene rings is 1. The normalized spacial score (nSPS) is 16.0. The summed E-state index contributed by atoms with van der Waals surface area (Å²) in [7, 11) is 1.47. The first-order valence-corrected chi connectivity index (χ1v) is 9.48. The Morgan fingerprint density at radius 1 is 1.27 bits per heavy atom. The lowest BCUT2D eigenvalue weighted by atomic mass is 10.2. The number of ether oxygens (including phenoxy) is 1. The number of carbonyl (C=O) groups is 1. The molecule has 11 heteroatoms. The number of aliphatic hydroxyl groups excluding tert-OH is 1. The number of aliphatic hydroxyl groups is 1. The summed E-state index contributed by atoms with van der Waals surface area (Å²) in [5, 5.41) is 10.5. The third kappa shape index (κ3) is 3.12. The molecule has 4 rings (SSSR count). The van der Waals surface area contributed by atoms with Gasteiger partial charge in [0.05, 0.1) is 25.8 Å². The highest BCUT2D eigenvalue weighted by atomic mass is 16.5. The zero-order valence-electron chi connectivity index (χ0n) is 16.6. The van der Waals surface area contributed by atoms with Gasteiger partial charge in [-0.15, -0.1) is 0 Å². The van der Waals surface area contributed by atoms with Crippen molar-refractivity contribution < 1.29 is 14.6 Å². The molecule has 11 nitrogen and oxygen atoms in total. The molecule has 1 amide bonds. The molecule has 0 aliphatic carbocycles. The van der Waals surface area contributed by atoms with Crippen LogP contribution in [-0.4, -0.2) is 49.0 Å². The first-order valence-electron chi connectivity index (χ1n) is 9.48. The Balaban J connectivity index is 1.92. The maximum Gasteiger partial charge on any atom is 0.332 e. The molecule has 3 heterocycles. The average Bonchev–Trinajstić information content (AvgIpc) is 3.09. The summed E-state index contributed by atoms with van der Waals surface area (Å²) in [6, 6.07) is 7.28. The van der Waals surface area contributed by atoms with Crippen molar-refractivity contribution in [3.63, 3.8) is 0 Å². The topological polar surface area (TPSA) is 138 Å². The van der Waals surface area contributed by atoms with E-state index in [2.05, 4.69) is 4.98 Å². The van der Waals surface area contributed by atoms with Gasteiger partial charge < -0.3 is 25.0 Å². The Labute approximate surface area is 170 Å². The fourth-order valence-electron chi connectivity index (χ4n) is 3.71. The van der Waals surface area contributed by atoms with E-state index in [1.165, 1.54) is 11.6 Å². The number of anilines is 2. The molecule has 3 N–H and O–H groups in total. The van der Waals surface area contributed by atoms with Gasteiger partial charge in [-0.1, -0.05) is 0 Å². The molecule has 1 aromatic carbocycles. The van der Waals surface area contributed by atoms with E-state index in [1.54, 1.807) is 9.47 Å². The predicted octanol–water partition coefficient (Wildman–Crippen LogP) is -0.707. The van der Waals surface area contributed by atoms with Gasteiger partial charge in [0.25, 0.3) is 5.56 Å². The number of hydrogen-bond acceptors (Lipinski definition) is 7. The van der Waals surface area contributed by atoms with Gasteiger partial charge in [0, 0.05) is 12.7 Å². The summed E-state index contributed by atoms with van der Waals surface area (Å²) in [5.74, 6) is 0.329. The van der Waals surface area contributed by atoms with Crippen LogP contribution in [0.5, 0.6) is 5.75 Å². The van der Waals surface area contributed by atoms with Crippen molar-refractivity contribution in [1.29, 1.82) is 0 Å². The molecular formula is C19H22N6O5. The molecule has 1 aliphatic rings. The van der Waals surface area contributed by atoms with Crippen LogP contribution in [0.25, 0.3) is 11.2 Å². The van der Waals surface area contributed by atoms with Crippen LogP contribution < -0.4 is 26.6 Å². The van der Waals surface area contributed by atoms with Gasteiger partial charge in [-0.05, 0) is 31.2 Å². The maximum atomic E-state index is 13.0. The van der Waals surface area contributed by atoms with Gasteiger partial charge >= 0.3 is 5.69 Å². The first kappa shape index (κ1) is 19.7. The van der Waals surface area contributed by atoms with E-state index >= 15 is 0 Å². The van der Waals surface area contributed by atoms with Crippen molar-refractivity contribution in [3.05, 3.63) is 45.1 Å². The second kappa shape index (κ2) is 7.34. The number of imidazole rings is 1. The Kier molecular flexibility index (Phi) is 4.82. The SMILES string of the molecule is CCOc1ccc(N2C[C@H](O)Cn3c2nc2c3c(=O)n(CC(N)=O)c(=O)n2C)cc1. The molecule has 1 atom stereocenters. The number of hydrogen-bond donors (Lipinski definition) is 2. The highest BCUT2D eigenvalue weighted by Gasteiger charge is 2.30. The summed E-state index contributed by atoms with van der Waals surface area (Å²) in [5.41, 5.74) is 4.88. The zero-order valence-corrected chi connectivity index (χ0v) is 16.6. The van der Waals surface area contributed by atoms with E-state index < -0.39 is 29.8 Å². The zero-order chi connectivity index (χ0) is 21.6. The Morgan fingerprint density at radius 2 is 1.97 bits per heavy atom. The molecule has 2 aromatic heterocycles. The molecule has 1 aliphatic heterocycles. The summed E-state index contributed by atoms with van der Waals surface area (Å²) >= 11 is 0. The van der Waals surface area contributed by atoms with Crippen LogP contribution in [0.2, 0.25) is 0 Å². The number of fused-ring (bicyclic) bond motifs is 3. The minimum Gasteiger partial charge on any atom is -0.494 e. The van der Waals surface area contributed by atoms with Crippen molar-refractivity contribution in [2.24, 2.45) is 12.8 Å². The van der Waals surface area contributed by atoms with Crippen LogP contribution in [-0.2, 0) is 24.9 Å². The number of primary amides is 1. The number of amides is 1. The molecule has 0 spiro atoms. The van der Waals surface area contributed by atoms with Gasteiger partial charge in [0.1, 0.15) is 12.3 Å². The quantitative estimate of drug-likeness (QED) is 0.563. The largest absolute Gasteiger partial charge is 0.494 e. The van der Waals surface area contributed by atoms with Crippen LogP contribution in [0.3, 0.4) is 0 Å². The first-order chi connectivity index (χ1) is 14.3. The highest BCUT2D eigenvalue weighted by Crippen LogP contribution is 2.32. The van der Waals surface area contributed by atoms with Crippen molar-refractivity contribution in [2.45, 2.75) is 26.1 Å². The van der Waals surface area contributed by atoms with Crippen LogP contribution in [0.1, 0.15) is 6.92 Å². The van der Waals surface area contributed by atoms with Crippen LogP contribution in [0.15, 0.2) is 33.9 Å². The molecule has 158 valence electrons. The lowest BCUT2D eigenvalue weighted by molar-refractivity contribution is -0.118. The van der Waals surface area contributed by atoms with Gasteiger partial charge in [-0.3, -0.25) is 14.2 Å². The van der Waals surface area contributed by atoms with Crippen molar-refractivity contribution in [3.8, 4) is 5.75 Å². The van der Waals surface area contributed by atoms with Crippen molar-refractivity contribution in [2.75, 3.05) is 18.1 Å². The van der Waals surface area contributed by atoms with Gasteiger partial charge in [0.2, 0.25) is 11.9 Å². The fourth-order valence-corrected chi connectivity index (χ4v) is 3.71. The predicted molar refractivity (Wildman–Crippen MR) is 109 cm³/mol. The summed E-state index contributed by atoms with van der Waals surface area (Å²) in [6.07, 6.45) is -0.775. The molecular weight excluding hydrogens is 392 g/mol. The number of rotatable bonds is 5. The lowest BCUT2D eigenvalue weighted by Gasteiger charge is -2.32. The number of nitrogens with two attached hydrogens (primary N) is 1. The molecule has 30 heavy (non-hydrogen) atoms. The van der Waals surface area contributed by atoms with E-state index in [9.17, 15) is 19.5 Å². The number of aromatic nitrogens is 4. The summed E-state index contributed by atoms with van der Waals surface area (Å²) in [6.45, 7) is 2.30. The number of β-amino-alcohol motifs (C(OH)–C–C–N with tert-alkyl or cyclic N) is 1. The van der Waals surface area contributed by atoms with E-state index in [0.29, 0.717) is 18.3 Å². The molecule has 0 bridgehead atoms. The Bertz CT molecular complexity index is 1240. The van der Waals surface area contributed by atoms with Crippen molar-refractivity contribution in [1.82, 2.24) is 18.7 Å². The monoisotopic (exact) mass is 414 g/mol. The van der Waals surface area contributed by atoms with E-state index in [0.717, 1.165) is 10.3 Å². The van der Waals surface area contributed by atoms with E-state index in [4.69, 9.17) is 10.5 Å². The summed E-state index contributed by atoms with van der Waals surface area (Å²) in [4.78, 5) is 43.2. The Morgan fingerprint density at radius 3 is 2.60 bits per heavy atom. The van der Waals surface area contributed by atoms with Crippen LogP contribution in [0, 0.1) is 0 Å². The number of carbonyl (C=O) groups excluding carboxylic acids is 1. The summed E-state index contributed by atoms with van der Waals surface area (Å²) < 4.78 is 9.02. The number of aryl methyl sites for hydroxylation is 1. The van der Waals surface area contributed by atoms with Crippen molar-refractivity contribution >= 4 is 28.7 Å². The third-order valence-electron chi connectivity index (χ3n) is 5.01. The minimum atomic E-state index is -0.803. The number of nitrogens with zero attached hydrogens (tertiary/aromatic N) is 5. The second-order valence-corrected chi connectivity index (χ2v) is 7.09.